The number of hydrogen-bond donors (Lipinski definition) is 1. The molecule has 0 aromatic heterocycles. The zero-order valence-electron chi connectivity index (χ0n) is 14.2. The van der Waals surface area contributed by atoms with Crippen molar-refractivity contribution >= 4 is 0 Å². The van der Waals surface area contributed by atoms with E-state index in [-0.39, 0.29) is 6.61 Å². The predicted molar refractivity (Wildman–Crippen MR) is 91.6 cm³/mol. The number of aliphatic hydroxyl groups is 1. The van der Waals surface area contributed by atoms with Crippen molar-refractivity contribution in [1.82, 2.24) is 0 Å². The average Bonchev–Trinajstić information content (AvgIpc) is 2.55. The molecule has 3 nitrogen and oxygen atoms in total. The molecule has 0 saturated carbocycles. The van der Waals surface area contributed by atoms with Crippen LogP contribution in [0.3, 0.4) is 0 Å². The summed E-state index contributed by atoms with van der Waals surface area (Å²) >= 11 is 0. The molecule has 126 valence electrons. The molecule has 22 heavy (non-hydrogen) atoms. The van der Waals surface area contributed by atoms with E-state index in [2.05, 4.69) is 26.0 Å². The van der Waals surface area contributed by atoms with Gasteiger partial charge in [0, 0.05) is 0 Å². The van der Waals surface area contributed by atoms with Gasteiger partial charge in [0.25, 0.3) is 0 Å². The van der Waals surface area contributed by atoms with E-state index in [4.69, 9.17) is 14.6 Å². The second-order valence-corrected chi connectivity index (χ2v) is 5.86. The van der Waals surface area contributed by atoms with Crippen LogP contribution >= 0.6 is 0 Å². The number of unbranched alkanes of at least 4 members (excludes halogenated alkanes) is 4. The van der Waals surface area contributed by atoms with Crippen LogP contribution in [0.5, 0.6) is 5.75 Å². The molecule has 1 unspecified atom stereocenters. The molecule has 1 aromatic rings. The first kappa shape index (κ1) is 19.0. The summed E-state index contributed by atoms with van der Waals surface area (Å²) < 4.78 is 10.8. The fourth-order valence-corrected chi connectivity index (χ4v) is 2.50. The molecule has 1 atom stereocenters. The molecule has 0 aliphatic rings. The molecule has 0 aliphatic carbocycles. The van der Waals surface area contributed by atoms with E-state index in [9.17, 15) is 0 Å². The topological polar surface area (TPSA) is 38.7 Å². The van der Waals surface area contributed by atoms with Crippen LogP contribution in [0, 0.1) is 0 Å². The van der Waals surface area contributed by atoms with Gasteiger partial charge >= 0.3 is 0 Å². The smallest absolute Gasteiger partial charge is 0.119 e. The van der Waals surface area contributed by atoms with Crippen molar-refractivity contribution in [2.75, 3.05) is 26.4 Å². The fourth-order valence-electron chi connectivity index (χ4n) is 2.50. The predicted octanol–water partition coefficient (Wildman–Crippen LogP) is 4.54. The molecule has 0 spiro atoms. The van der Waals surface area contributed by atoms with E-state index in [0.717, 1.165) is 5.75 Å². The Kier molecular flexibility index (Phi) is 10.8. The summed E-state index contributed by atoms with van der Waals surface area (Å²) in [5.74, 6) is 1.50. The summed E-state index contributed by atoms with van der Waals surface area (Å²) in [6.45, 7) is 6.02. The first-order chi connectivity index (χ1) is 10.8. The third-order valence-corrected chi connectivity index (χ3v) is 3.92. The van der Waals surface area contributed by atoms with Crippen LogP contribution in [0.15, 0.2) is 24.3 Å². The lowest BCUT2D eigenvalue weighted by Gasteiger charge is -2.13. The molecular formula is C19H32O3. The van der Waals surface area contributed by atoms with Crippen LogP contribution in [0.2, 0.25) is 0 Å². The molecule has 0 amide bonds. The number of aliphatic hydroxyl groups excluding tert-OH is 1. The van der Waals surface area contributed by atoms with Gasteiger partial charge in [-0.05, 0) is 30.0 Å². The zero-order valence-corrected chi connectivity index (χ0v) is 14.2. The highest BCUT2D eigenvalue weighted by Gasteiger charge is 2.05. The van der Waals surface area contributed by atoms with Crippen LogP contribution in [0.1, 0.15) is 63.9 Å². The molecule has 0 fully saturated rings. The van der Waals surface area contributed by atoms with Crippen LogP contribution < -0.4 is 4.74 Å². The molecule has 0 heterocycles. The van der Waals surface area contributed by atoms with Crippen LogP contribution in [-0.4, -0.2) is 31.5 Å². The lowest BCUT2D eigenvalue weighted by molar-refractivity contribution is 0.0705. The number of benzene rings is 1. The fraction of sp³-hybridized carbons (Fsp3) is 0.684. The van der Waals surface area contributed by atoms with Gasteiger partial charge < -0.3 is 14.6 Å². The van der Waals surface area contributed by atoms with Crippen molar-refractivity contribution in [2.45, 2.75) is 58.3 Å². The molecule has 1 rings (SSSR count). The van der Waals surface area contributed by atoms with Crippen LogP contribution in [-0.2, 0) is 4.74 Å². The third-order valence-electron chi connectivity index (χ3n) is 3.92. The first-order valence-electron chi connectivity index (χ1n) is 8.69. The second-order valence-electron chi connectivity index (χ2n) is 5.86. The lowest BCUT2D eigenvalue weighted by atomic mass is 9.95. The minimum absolute atomic E-state index is 0.0605. The van der Waals surface area contributed by atoms with E-state index in [1.165, 1.54) is 44.1 Å². The van der Waals surface area contributed by atoms with Gasteiger partial charge in [-0.2, -0.15) is 0 Å². The van der Waals surface area contributed by atoms with E-state index < -0.39 is 0 Å². The van der Waals surface area contributed by atoms with Gasteiger partial charge in [-0.25, -0.2) is 0 Å². The largest absolute Gasteiger partial charge is 0.491 e. The Labute approximate surface area is 135 Å². The SMILES string of the molecule is CCCCCCCC(C)c1ccc(OCCOCCO)cc1. The van der Waals surface area contributed by atoms with Gasteiger partial charge in [0.05, 0.1) is 19.8 Å². The summed E-state index contributed by atoms with van der Waals surface area (Å²) in [6, 6.07) is 8.41. The Morgan fingerprint density at radius 1 is 0.955 bits per heavy atom. The van der Waals surface area contributed by atoms with Gasteiger partial charge in [0.1, 0.15) is 12.4 Å². The molecule has 0 bridgehead atoms. The van der Waals surface area contributed by atoms with Gasteiger partial charge in [0.2, 0.25) is 0 Å². The monoisotopic (exact) mass is 308 g/mol. The molecule has 1 aromatic carbocycles. The zero-order chi connectivity index (χ0) is 16.0. The van der Waals surface area contributed by atoms with Crippen molar-refractivity contribution in [3.8, 4) is 5.75 Å². The summed E-state index contributed by atoms with van der Waals surface area (Å²) in [5.41, 5.74) is 1.39. The summed E-state index contributed by atoms with van der Waals surface area (Å²) in [6.07, 6.45) is 7.98. The van der Waals surface area contributed by atoms with E-state index in [0.29, 0.717) is 25.7 Å². The third kappa shape index (κ3) is 8.40. The lowest BCUT2D eigenvalue weighted by Crippen LogP contribution is -2.09. The highest BCUT2D eigenvalue weighted by atomic mass is 16.5. The number of hydrogen-bond acceptors (Lipinski definition) is 3. The highest BCUT2D eigenvalue weighted by molar-refractivity contribution is 5.29. The van der Waals surface area contributed by atoms with Crippen LogP contribution in [0.25, 0.3) is 0 Å². The molecule has 0 radical (unpaired) electrons. The van der Waals surface area contributed by atoms with Crippen molar-refractivity contribution in [2.24, 2.45) is 0 Å². The Balaban J connectivity index is 2.22. The maximum atomic E-state index is 8.60. The minimum atomic E-state index is 0.0605. The number of ether oxygens (including phenoxy) is 2. The number of rotatable bonds is 13. The summed E-state index contributed by atoms with van der Waals surface area (Å²) in [7, 11) is 0. The maximum absolute atomic E-state index is 8.60. The molecule has 1 N–H and O–H groups in total. The highest BCUT2D eigenvalue weighted by Crippen LogP contribution is 2.24. The van der Waals surface area contributed by atoms with E-state index >= 15 is 0 Å². The van der Waals surface area contributed by atoms with Crippen molar-refractivity contribution < 1.29 is 14.6 Å². The second kappa shape index (κ2) is 12.5. The van der Waals surface area contributed by atoms with Crippen molar-refractivity contribution in [1.29, 1.82) is 0 Å². The van der Waals surface area contributed by atoms with Gasteiger partial charge in [-0.15, -0.1) is 0 Å². The molecular weight excluding hydrogens is 276 g/mol. The van der Waals surface area contributed by atoms with Gasteiger partial charge in [-0.3, -0.25) is 0 Å². The standard InChI is InChI=1S/C19H32O3/c1-3-4-5-6-7-8-17(2)18-9-11-19(12-10-18)22-16-15-21-14-13-20/h9-12,17,20H,3-8,13-16H2,1-2H3. The Bertz CT molecular complexity index is 361. The molecule has 3 heteroatoms. The summed E-state index contributed by atoms with van der Waals surface area (Å²) in [5, 5.41) is 8.60. The van der Waals surface area contributed by atoms with Gasteiger partial charge in [0.15, 0.2) is 0 Å². The summed E-state index contributed by atoms with van der Waals surface area (Å²) in [4.78, 5) is 0. The van der Waals surface area contributed by atoms with E-state index in [1.807, 2.05) is 12.1 Å². The maximum Gasteiger partial charge on any atom is 0.119 e. The first-order valence-corrected chi connectivity index (χ1v) is 8.69. The quantitative estimate of drug-likeness (QED) is 0.544. The molecule has 0 aliphatic heterocycles. The van der Waals surface area contributed by atoms with Crippen molar-refractivity contribution in [3.63, 3.8) is 0 Å². The normalized spacial score (nSPS) is 12.3. The average molecular weight is 308 g/mol. The minimum Gasteiger partial charge on any atom is -0.491 e. The van der Waals surface area contributed by atoms with Crippen LogP contribution in [0.4, 0.5) is 0 Å². The van der Waals surface area contributed by atoms with Crippen molar-refractivity contribution in [3.05, 3.63) is 29.8 Å². The Hall–Kier alpha value is -1.06. The van der Waals surface area contributed by atoms with Gasteiger partial charge in [-0.1, -0.05) is 58.1 Å². The molecule has 0 saturated heterocycles. The van der Waals surface area contributed by atoms with E-state index in [1.54, 1.807) is 0 Å². The Morgan fingerprint density at radius 2 is 1.68 bits per heavy atom. The Morgan fingerprint density at radius 3 is 2.36 bits per heavy atom.